The monoisotopic (exact) mass is 548 g/mol. The molecule has 2 aromatic heterocycles. The largest absolute Gasteiger partial charge is 0.379 e. The van der Waals surface area contributed by atoms with E-state index >= 15 is 0 Å². The van der Waals surface area contributed by atoms with Gasteiger partial charge in [0, 0.05) is 32.7 Å². The highest BCUT2D eigenvalue weighted by molar-refractivity contribution is 7.91. The van der Waals surface area contributed by atoms with Gasteiger partial charge in [0.25, 0.3) is 10.0 Å². The molecule has 11 heteroatoms. The molecule has 1 amide bonds. The number of thiazole rings is 1. The van der Waals surface area contributed by atoms with Gasteiger partial charge in [-0.05, 0) is 54.8 Å². The molecule has 2 aliphatic rings. The molecule has 194 valence electrons. The SMILES string of the molecule is CCc1ccc2nc(N(CCCN3CCOCC3)C(=O)C3CCCN3S(=O)(=O)c3cccs3)sc2c1. The predicted octanol–water partition coefficient (Wildman–Crippen LogP) is 3.83. The lowest BCUT2D eigenvalue weighted by atomic mass is 10.2. The van der Waals surface area contributed by atoms with E-state index in [2.05, 4.69) is 24.0 Å². The van der Waals surface area contributed by atoms with Crippen LogP contribution in [-0.2, 0) is 26.0 Å². The molecular weight excluding hydrogens is 517 g/mol. The maximum Gasteiger partial charge on any atom is 0.253 e. The van der Waals surface area contributed by atoms with Crippen LogP contribution in [0, 0.1) is 0 Å². The Bertz CT molecular complexity index is 1290. The van der Waals surface area contributed by atoms with E-state index in [1.54, 1.807) is 22.4 Å². The van der Waals surface area contributed by atoms with Crippen molar-refractivity contribution in [3.63, 3.8) is 0 Å². The molecule has 5 rings (SSSR count). The highest BCUT2D eigenvalue weighted by Crippen LogP contribution is 2.34. The van der Waals surface area contributed by atoms with Crippen LogP contribution < -0.4 is 4.90 Å². The van der Waals surface area contributed by atoms with Crippen molar-refractivity contribution in [3.8, 4) is 0 Å². The van der Waals surface area contributed by atoms with Gasteiger partial charge in [-0.2, -0.15) is 4.31 Å². The molecule has 4 heterocycles. The maximum absolute atomic E-state index is 14.0. The third kappa shape index (κ3) is 5.36. The summed E-state index contributed by atoms with van der Waals surface area (Å²) in [5.41, 5.74) is 2.10. The molecule has 1 aromatic carbocycles. The number of nitrogens with zero attached hydrogens (tertiary/aromatic N) is 4. The quantitative estimate of drug-likeness (QED) is 0.404. The average molecular weight is 549 g/mol. The first-order chi connectivity index (χ1) is 17.5. The number of fused-ring (bicyclic) bond motifs is 1. The number of carbonyl (C=O) groups is 1. The molecule has 0 saturated carbocycles. The van der Waals surface area contributed by atoms with Crippen LogP contribution in [0.25, 0.3) is 10.2 Å². The summed E-state index contributed by atoms with van der Waals surface area (Å²) in [6.45, 7) is 7.09. The summed E-state index contributed by atoms with van der Waals surface area (Å²) in [7, 11) is -3.71. The fourth-order valence-electron chi connectivity index (χ4n) is 4.85. The molecule has 3 aromatic rings. The van der Waals surface area contributed by atoms with Crippen molar-refractivity contribution in [2.45, 2.75) is 42.9 Å². The summed E-state index contributed by atoms with van der Waals surface area (Å²) in [6, 6.07) is 8.85. The molecule has 0 radical (unpaired) electrons. The Morgan fingerprint density at radius 3 is 2.81 bits per heavy atom. The van der Waals surface area contributed by atoms with Gasteiger partial charge in [-0.15, -0.1) is 11.3 Å². The Balaban J connectivity index is 1.41. The normalized spacial score (nSPS) is 19.8. The van der Waals surface area contributed by atoms with Gasteiger partial charge < -0.3 is 4.74 Å². The minimum Gasteiger partial charge on any atom is -0.379 e. The predicted molar refractivity (Wildman–Crippen MR) is 144 cm³/mol. The van der Waals surface area contributed by atoms with Crippen LogP contribution in [0.3, 0.4) is 0 Å². The molecule has 2 aliphatic heterocycles. The summed E-state index contributed by atoms with van der Waals surface area (Å²) in [6.07, 6.45) is 2.91. The van der Waals surface area contributed by atoms with Crippen molar-refractivity contribution in [2.24, 2.45) is 0 Å². The number of sulfonamides is 1. The number of ether oxygens (including phenoxy) is 1. The molecule has 0 spiro atoms. The van der Waals surface area contributed by atoms with Crippen LogP contribution in [0.1, 0.15) is 31.7 Å². The maximum atomic E-state index is 14.0. The number of carbonyl (C=O) groups excluding carboxylic acids is 1. The Kier molecular flexibility index (Phi) is 8.04. The zero-order valence-corrected chi connectivity index (χ0v) is 22.9. The molecule has 1 atom stereocenters. The van der Waals surface area contributed by atoms with E-state index in [1.165, 1.54) is 32.5 Å². The third-order valence-electron chi connectivity index (χ3n) is 6.85. The highest BCUT2D eigenvalue weighted by atomic mass is 32.2. The third-order valence-corrected chi connectivity index (χ3v) is 11.2. The number of rotatable bonds is 9. The lowest BCUT2D eigenvalue weighted by Crippen LogP contribution is -2.48. The topological polar surface area (TPSA) is 83.1 Å². The molecule has 1 unspecified atom stereocenters. The van der Waals surface area contributed by atoms with Crippen molar-refractivity contribution in [2.75, 3.05) is 50.8 Å². The number of aromatic nitrogens is 1. The van der Waals surface area contributed by atoms with Gasteiger partial charge >= 0.3 is 0 Å². The standard InChI is InChI=1S/C25H32N4O4S3/c1-2-19-8-9-20-22(18-19)35-25(26-20)28(11-5-10-27-13-15-33-16-14-27)24(30)21-6-3-12-29(21)36(31,32)23-7-4-17-34-23/h4,7-9,17-18,21H,2-3,5-6,10-16H2,1H3. The van der Waals surface area contributed by atoms with E-state index in [-0.39, 0.29) is 10.1 Å². The first kappa shape index (κ1) is 25.7. The van der Waals surface area contributed by atoms with Crippen molar-refractivity contribution >= 4 is 54.0 Å². The van der Waals surface area contributed by atoms with E-state index < -0.39 is 16.1 Å². The van der Waals surface area contributed by atoms with E-state index in [4.69, 9.17) is 9.72 Å². The zero-order valence-electron chi connectivity index (χ0n) is 20.5. The van der Waals surface area contributed by atoms with E-state index in [0.717, 1.165) is 55.9 Å². The first-order valence-corrected chi connectivity index (χ1v) is 15.7. The molecular formula is C25H32N4O4S3. The van der Waals surface area contributed by atoms with Crippen LogP contribution in [0.15, 0.2) is 39.9 Å². The fraction of sp³-hybridized carbons (Fsp3) is 0.520. The summed E-state index contributed by atoms with van der Waals surface area (Å²) >= 11 is 2.70. The number of hydrogen-bond donors (Lipinski definition) is 0. The molecule has 36 heavy (non-hydrogen) atoms. The minimum absolute atomic E-state index is 0.177. The second kappa shape index (κ2) is 11.2. The number of anilines is 1. The molecule has 8 nitrogen and oxygen atoms in total. The van der Waals surface area contributed by atoms with E-state index in [1.807, 2.05) is 6.07 Å². The van der Waals surface area contributed by atoms with Gasteiger partial charge in [0.05, 0.1) is 23.4 Å². The number of amides is 1. The van der Waals surface area contributed by atoms with Crippen molar-refractivity contribution in [3.05, 3.63) is 41.3 Å². The molecule has 0 bridgehead atoms. The van der Waals surface area contributed by atoms with Crippen LogP contribution >= 0.6 is 22.7 Å². The highest BCUT2D eigenvalue weighted by Gasteiger charge is 2.42. The summed E-state index contributed by atoms with van der Waals surface area (Å²) in [4.78, 5) is 22.9. The molecule has 2 fully saturated rings. The lowest BCUT2D eigenvalue weighted by Gasteiger charge is -2.30. The van der Waals surface area contributed by atoms with Crippen LogP contribution in [0.2, 0.25) is 0 Å². The summed E-state index contributed by atoms with van der Waals surface area (Å²) < 4.78 is 34.9. The molecule has 2 saturated heterocycles. The zero-order chi connectivity index (χ0) is 25.1. The van der Waals surface area contributed by atoms with Crippen molar-refractivity contribution < 1.29 is 17.9 Å². The van der Waals surface area contributed by atoms with E-state index in [9.17, 15) is 13.2 Å². The number of thiophene rings is 1. The minimum atomic E-state index is -3.71. The number of hydrogen-bond acceptors (Lipinski definition) is 8. The summed E-state index contributed by atoms with van der Waals surface area (Å²) in [5.74, 6) is -0.177. The smallest absolute Gasteiger partial charge is 0.253 e. The Morgan fingerprint density at radius 1 is 1.22 bits per heavy atom. The van der Waals surface area contributed by atoms with Gasteiger partial charge in [-0.25, -0.2) is 13.4 Å². The van der Waals surface area contributed by atoms with Crippen molar-refractivity contribution in [1.29, 1.82) is 0 Å². The van der Waals surface area contributed by atoms with Gasteiger partial charge in [0.2, 0.25) is 5.91 Å². The number of morpholine rings is 1. The van der Waals surface area contributed by atoms with Gasteiger partial charge in [0.1, 0.15) is 10.3 Å². The average Bonchev–Trinajstić information content (AvgIpc) is 3.67. The molecule has 0 aliphatic carbocycles. The van der Waals surface area contributed by atoms with Crippen LogP contribution in [-0.4, -0.2) is 80.5 Å². The second-order valence-electron chi connectivity index (χ2n) is 9.16. The van der Waals surface area contributed by atoms with Gasteiger partial charge in [-0.3, -0.25) is 14.6 Å². The Hall–Kier alpha value is -1.89. The molecule has 0 N–H and O–H groups in total. The lowest BCUT2D eigenvalue weighted by molar-refractivity contribution is -0.121. The van der Waals surface area contributed by atoms with Crippen molar-refractivity contribution in [1.82, 2.24) is 14.2 Å². The first-order valence-electron chi connectivity index (χ1n) is 12.5. The number of benzene rings is 1. The Labute approximate surface area is 220 Å². The second-order valence-corrected chi connectivity index (χ2v) is 13.2. The summed E-state index contributed by atoms with van der Waals surface area (Å²) in [5, 5.41) is 2.40. The van der Waals surface area contributed by atoms with Gasteiger partial charge in [0.15, 0.2) is 5.13 Å². The van der Waals surface area contributed by atoms with Gasteiger partial charge in [-0.1, -0.05) is 30.4 Å². The van der Waals surface area contributed by atoms with E-state index in [0.29, 0.717) is 31.1 Å². The van der Waals surface area contributed by atoms with Crippen LogP contribution in [0.5, 0.6) is 0 Å². The Morgan fingerprint density at radius 2 is 2.06 bits per heavy atom. The number of aryl methyl sites for hydroxylation is 1. The van der Waals surface area contributed by atoms with Crippen LogP contribution in [0.4, 0.5) is 5.13 Å². The fourth-order valence-corrected chi connectivity index (χ4v) is 8.68.